The molecule has 110 valence electrons. The van der Waals surface area contributed by atoms with E-state index < -0.39 is 0 Å². The normalized spacial score (nSPS) is 15.3. The molecule has 2 aromatic rings. The zero-order valence-corrected chi connectivity index (χ0v) is 12.5. The van der Waals surface area contributed by atoms with Crippen LogP contribution in [0.3, 0.4) is 0 Å². The summed E-state index contributed by atoms with van der Waals surface area (Å²) in [4.78, 5) is 12.4. The van der Waals surface area contributed by atoms with Gasteiger partial charge in [0, 0.05) is 35.8 Å². The van der Waals surface area contributed by atoms with E-state index in [9.17, 15) is 4.79 Å². The van der Waals surface area contributed by atoms with Gasteiger partial charge in [-0.15, -0.1) is 0 Å². The van der Waals surface area contributed by atoms with Crippen molar-refractivity contribution in [3.05, 3.63) is 51.8 Å². The van der Waals surface area contributed by atoms with Crippen molar-refractivity contribution >= 4 is 17.5 Å². The first kappa shape index (κ1) is 14.1. The van der Waals surface area contributed by atoms with E-state index in [1.807, 2.05) is 31.2 Å². The average molecular weight is 305 g/mol. The zero-order chi connectivity index (χ0) is 14.8. The van der Waals surface area contributed by atoms with Gasteiger partial charge in [0.25, 0.3) is 5.91 Å². The van der Waals surface area contributed by atoms with Crippen molar-refractivity contribution in [1.29, 1.82) is 0 Å². The third-order valence-corrected chi connectivity index (χ3v) is 3.95. The summed E-state index contributed by atoms with van der Waals surface area (Å²) in [6, 6.07) is 7.36. The fourth-order valence-corrected chi connectivity index (χ4v) is 2.74. The Balaban J connectivity index is 1.76. The molecule has 0 aliphatic carbocycles. The van der Waals surface area contributed by atoms with Crippen molar-refractivity contribution in [3.8, 4) is 0 Å². The SMILES string of the molecule is CC(NC(=O)c1n[nH]c2c1CNCC2)c1cccc(Cl)c1. The highest BCUT2D eigenvalue weighted by molar-refractivity contribution is 6.30. The number of nitrogens with zero attached hydrogens (tertiary/aromatic N) is 1. The van der Waals surface area contributed by atoms with Crippen LogP contribution in [0.5, 0.6) is 0 Å². The van der Waals surface area contributed by atoms with Crippen LogP contribution in [-0.4, -0.2) is 22.6 Å². The molecule has 0 saturated carbocycles. The Morgan fingerprint density at radius 3 is 3.14 bits per heavy atom. The van der Waals surface area contributed by atoms with Gasteiger partial charge in [-0.05, 0) is 24.6 Å². The molecule has 3 rings (SSSR count). The van der Waals surface area contributed by atoms with E-state index in [-0.39, 0.29) is 11.9 Å². The predicted molar refractivity (Wildman–Crippen MR) is 81.3 cm³/mol. The highest BCUT2D eigenvalue weighted by Crippen LogP contribution is 2.19. The molecule has 1 aliphatic rings. The molecule has 1 amide bonds. The van der Waals surface area contributed by atoms with Crippen molar-refractivity contribution in [2.45, 2.75) is 25.9 Å². The summed E-state index contributed by atoms with van der Waals surface area (Å²) in [5.41, 5.74) is 3.47. The van der Waals surface area contributed by atoms with Gasteiger partial charge in [-0.25, -0.2) is 0 Å². The smallest absolute Gasteiger partial charge is 0.272 e. The van der Waals surface area contributed by atoms with Gasteiger partial charge in [0.05, 0.1) is 6.04 Å². The van der Waals surface area contributed by atoms with Crippen LogP contribution in [0.1, 0.15) is 40.3 Å². The number of amides is 1. The minimum atomic E-state index is -0.163. The lowest BCUT2D eigenvalue weighted by Gasteiger charge is -2.16. The molecule has 1 unspecified atom stereocenters. The van der Waals surface area contributed by atoms with Crippen LogP contribution in [0.2, 0.25) is 5.02 Å². The van der Waals surface area contributed by atoms with Crippen LogP contribution in [0.15, 0.2) is 24.3 Å². The molecule has 21 heavy (non-hydrogen) atoms. The first-order chi connectivity index (χ1) is 10.1. The summed E-state index contributed by atoms with van der Waals surface area (Å²) < 4.78 is 0. The number of carbonyl (C=O) groups excluding carboxylic acids is 1. The van der Waals surface area contributed by atoms with Crippen LogP contribution < -0.4 is 10.6 Å². The van der Waals surface area contributed by atoms with Crippen LogP contribution in [0, 0.1) is 0 Å². The second kappa shape index (κ2) is 5.87. The van der Waals surface area contributed by atoms with Crippen molar-refractivity contribution in [1.82, 2.24) is 20.8 Å². The average Bonchev–Trinajstić information content (AvgIpc) is 2.91. The van der Waals surface area contributed by atoms with Crippen molar-refractivity contribution in [3.63, 3.8) is 0 Å². The van der Waals surface area contributed by atoms with Gasteiger partial charge < -0.3 is 10.6 Å². The lowest BCUT2D eigenvalue weighted by atomic mass is 10.1. The van der Waals surface area contributed by atoms with E-state index >= 15 is 0 Å². The number of carbonyl (C=O) groups is 1. The number of rotatable bonds is 3. The number of benzene rings is 1. The number of hydrogen-bond donors (Lipinski definition) is 3. The number of aromatic amines is 1. The quantitative estimate of drug-likeness (QED) is 0.814. The summed E-state index contributed by atoms with van der Waals surface area (Å²) in [7, 11) is 0. The Morgan fingerprint density at radius 1 is 1.48 bits per heavy atom. The maximum Gasteiger partial charge on any atom is 0.272 e. The number of fused-ring (bicyclic) bond motifs is 1. The Morgan fingerprint density at radius 2 is 2.33 bits per heavy atom. The van der Waals surface area contributed by atoms with E-state index in [2.05, 4.69) is 20.8 Å². The summed E-state index contributed by atoms with van der Waals surface area (Å²) in [6.45, 7) is 3.52. The molecule has 6 heteroatoms. The molecule has 1 aromatic heterocycles. The third kappa shape index (κ3) is 2.94. The lowest BCUT2D eigenvalue weighted by molar-refractivity contribution is 0.0933. The van der Waals surface area contributed by atoms with Gasteiger partial charge in [0.2, 0.25) is 0 Å². The molecule has 2 heterocycles. The molecule has 0 radical (unpaired) electrons. The van der Waals surface area contributed by atoms with Gasteiger partial charge in [0.1, 0.15) is 0 Å². The van der Waals surface area contributed by atoms with Gasteiger partial charge in [0.15, 0.2) is 5.69 Å². The molecule has 0 fully saturated rings. The Hall–Kier alpha value is -1.85. The highest BCUT2D eigenvalue weighted by atomic mass is 35.5. The number of hydrogen-bond acceptors (Lipinski definition) is 3. The Labute approximate surface area is 128 Å². The fraction of sp³-hybridized carbons (Fsp3) is 0.333. The maximum absolute atomic E-state index is 12.4. The van der Waals surface area contributed by atoms with Crippen LogP contribution in [-0.2, 0) is 13.0 Å². The lowest BCUT2D eigenvalue weighted by Crippen LogP contribution is -2.30. The second-order valence-corrected chi connectivity index (χ2v) is 5.64. The molecule has 0 saturated heterocycles. The third-order valence-electron chi connectivity index (χ3n) is 3.72. The predicted octanol–water partition coefficient (Wildman–Crippen LogP) is 2.20. The summed E-state index contributed by atoms with van der Waals surface area (Å²) in [6.07, 6.45) is 0.874. The summed E-state index contributed by atoms with van der Waals surface area (Å²) in [5.74, 6) is -0.163. The first-order valence-electron chi connectivity index (χ1n) is 6.98. The molecule has 1 atom stereocenters. The Bertz CT molecular complexity index is 667. The van der Waals surface area contributed by atoms with Crippen LogP contribution in [0.25, 0.3) is 0 Å². The number of H-pyrrole nitrogens is 1. The molecule has 1 aliphatic heterocycles. The van der Waals surface area contributed by atoms with Crippen molar-refractivity contribution in [2.24, 2.45) is 0 Å². The van der Waals surface area contributed by atoms with Crippen molar-refractivity contribution in [2.75, 3.05) is 6.54 Å². The molecule has 0 bridgehead atoms. The monoisotopic (exact) mass is 304 g/mol. The largest absolute Gasteiger partial charge is 0.344 e. The number of aromatic nitrogens is 2. The maximum atomic E-state index is 12.4. The van der Waals surface area contributed by atoms with E-state index in [0.717, 1.165) is 29.8 Å². The van der Waals surface area contributed by atoms with Gasteiger partial charge >= 0.3 is 0 Å². The molecule has 1 aromatic carbocycles. The molecule has 5 nitrogen and oxygen atoms in total. The highest BCUT2D eigenvalue weighted by Gasteiger charge is 2.22. The van der Waals surface area contributed by atoms with Crippen LogP contribution in [0.4, 0.5) is 0 Å². The van der Waals surface area contributed by atoms with Gasteiger partial charge in [-0.1, -0.05) is 23.7 Å². The Kier molecular flexibility index (Phi) is 3.94. The van der Waals surface area contributed by atoms with Crippen molar-refractivity contribution < 1.29 is 4.79 Å². The topological polar surface area (TPSA) is 69.8 Å². The molecule has 0 spiro atoms. The van der Waals surface area contributed by atoms with Gasteiger partial charge in [-0.2, -0.15) is 5.10 Å². The molecule has 3 N–H and O–H groups in total. The second-order valence-electron chi connectivity index (χ2n) is 5.21. The summed E-state index contributed by atoms with van der Waals surface area (Å²) >= 11 is 5.98. The summed E-state index contributed by atoms with van der Waals surface area (Å²) in [5, 5.41) is 14.0. The first-order valence-corrected chi connectivity index (χ1v) is 7.36. The van der Waals surface area contributed by atoms with Crippen LogP contribution >= 0.6 is 11.6 Å². The van der Waals surface area contributed by atoms with E-state index in [1.54, 1.807) is 0 Å². The van der Waals surface area contributed by atoms with Gasteiger partial charge in [-0.3, -0.25) is 9.89 Å². The number of halogens is 1. The standard InChI is InChI=1S/C15H17ClN4O/c1-9(10-3-2-4-11(16)7-10)18-15(21)14-12-8-17-6-5-13(12)19-20-14/h2-4,7,9,17H,5-6,8H2,1H3,(H,18,21)(H,19,20). The number of nitrogens with one attached hydrogen (secondary N) is 3. The van der Waals surface area contributed by atoms with E-state index in [4.69, 9.17) is 11.6 Å². The minimum Gasteiger partial charge on any atom is -0.344 e. The van der Waals surface area contributed by atoms with E-state index in [1.165, 1.54) is 0 Å². The zero-order valence-electron chi connectivity index (χ0n) is 11.7. The van der Waals surface area contributed by atoms with E-state index in [0.29, 0.717) is 17.3 Å². The molecular formula is C15H17ClN4O. The molecular weight excluding hydrogens is 288 g/mol. The fourth-order valence-electron chi connectivity index (χ4n) is 2.54. The minimum absolute atomic E-state index is 0.125.